The van der Waals surface area contributed by atoms with Gasteiger partial charge < -0.3 is 0 Å². The molecule has 2 atom stereocenters. The van der Waals surface area contributed by atoms with E-state index in [0.717, 1.165) is 11.2 Å². The maximum absolute atomic E-state index is 2.40. The predicted octanol–water partition coefficient (Wildman–Crippen LogP) is 3.48. The van der Waals surface area contributed by atoms with Crippen molar-refractivity contribution >= 4 is 11.8 Å². The van der Waals surface area contributed by atoms with Crippen molar-refractivity contribution < 1.29 is 0 Å². The largest absolute Gasteiger partial charge is 0.154 e. The maximum atomic E-state index is 2.40. The number of thioether (sulfide) groups is 1. The lowest BCUT2D eigenvalue weighted by atomic mass is 9.97. The zero-order valence-electron chi connectivity index (χ0n) is 6.97. The average Bonchev–Trinajstić information content (AvgIpc) is 2.36. The van der Waals surface area contributed by atoms with Gasteiger partial charge in [0.15, 0.2) is 0 Å². The van der Waals surface area contributed by atoms with Crippen molar-refractivity contribution in [2.75, 3.05) is 0 Å². The lowest BCUT2D eigenvalue weighted by molar-refractivity contribution is 0.484. The number of hydrogen-bond acceptors (Lipinski definition) is 1. The number of hydrogen-bond donors (Lipinski definition) is 0. The van der Waals surface area contributed by atoms with Crippen LogP contribution in [-0.2, 0) is 0 Å². The van der Waals surface area contributed by atoms with Crippen LogP contribution < -0.4 is 0 Å². The Hall–Kier alpha value is 0.350. The molecule has 0 amide bonds. The van der Waals surface area contributed by atoms with Crippen LogP contribution in [0.3, 0.4) is 0 Å². The molecule has 0 nitrogen and oxygen atoms in total. The van der Waals surface area contributed by atoms with E-state index in [9.17, 15) is 0 Å². The number of rotatable bonds is 3. The smallest absolute Gasteiger partial charge is 0.0172 e. The van der Waals surface area contributed by atoms with Crippen molar-refractivity contribution in [1.29, 1.82) is 0 Å². The van der Waals surface area contributed by atoms with Gasteiger partial charge in [0.1, 0.15) is 0 Å². The molecule has 1 aliphatic heterocycles. The quantitative estimate of drug-likeness (QED) is 0.604. The summed E-state index contributed by atoms with van der Waals surface area (Å²) in [6, 6.07) is 0. The second-order valence-corrected chi connectivity index (χ2v) is 4.24. The minimum Gasteiger partial charge on any atom is -0.154 e. The molecule has 0 aromatic carbocycles. The molecule has 1 heterocycles. The molecule has 1 saturated heterocycles. The van der Waals surface area contributed by atoms with E-state index >= 15 is 0 Å². The van der Waals surface area contributed by atoms with Gasteiger partial charge in [0, 0.05) is 11.0 Å². The molecule has 1 rings (SSSR count). The van der Waals surface area contributed by atoms with Crippen LogP contribution in [0.15, 0.2) is 0 Å². The van der Waals surface area contributed by atoms with Crippen LogP contribution in [0, 0.1) is 11.7 Å². The zero-order valence-corrected chi connectivity index (χ0v) is 7.79. The van der Waals surface area contributed by atoms with E-state index < -0.39 is 0 Å². The molecule has 0 aromatic heterocycles. The van der Waals surface area contributed by atoms with Gasteiger partial charge in [-0.2, -0.15) is 11.8 Å². The summed E-state index contributed by atoms with van der Waals surface area (Å²) in [6.07, 6.45) is 5.49. The third-order valence-corrected chi connectivity index (χ3v) is 3.65. The Balaban J connectivity index is 2.27. The molecule has 0 saturated carbocycles. The van der Waals surface area contributed by atoms with Crippen LogP contribution in [0.1, 0.15) is 39.5 Å². The predicted molar refractivity (Wildman–Crippen MR) is 49.0 cm³/mol. The molecule has 59 valence electrons. The summed E-state index contributed by atoms with van der Waals surface area (Å²) in [7, 11) is 0. The summed E-state index contributed by atoms with van der Waals surface area (Å²) in [5.74, 6) is 3.39. The Morgan fingerprint density at radius 3 is 2.90 bits per heavy atom. The van der Waals surface area contributed by atoms with E-state index in [2.05, 4.69) is 31.4 Å². The fraction of sp³-hybridized carbons (Fsp3) is 0.889. The van der Waals surface area contributed by atoms with Crippen molar-refractivity contribution in [1.82, 2.24) is 0 Å². The highest BCUT2D eigenvalue weighted by Crippen LogP contribution is 2.39. The van der Waals surface area contributed by atoms with E-state index in [-0.39, 0.29) is 0 Å². The van der Waals surface area contributed by atoms with Crippen molar-refractivity contribution in [3.63, 3.8) is 0 Å². The van der Waals surface area contributed by atoms with Crippen LogP contribution >= 0.6 is 11.8 Å². The van der Waals surface area contributed by atoms with Crippen LogP contribution in [0.25, 0.3) is 0 Å². The van der Waals surface area contributed by atoms with Crippen molar-refractivity contribution in [3.05, 3.63) is 5.75 Å². The summed E-state index contributed by atoms with van der Waals surface area (Å²) in [5, 5.41) is 0.954. The molecule has 10 heavy (non-hydrogen) atoms. The van der Waals surface area contributed by atoms with Gasteiger partial charge in [-0.05, 0) is 18.8 Å². The molecule has 2 unspecified atom stereocenters. The Bertz CT molecular complexity index is 90.7. The normalized spacial score (nSPS) is 33.0. The average molecular weight is 157 g/mol. The zero-order chi connectivity index (χ0) is 7.40. The van der Waals surface area contributed by atoms with Crippen molar-refractivity contribution in [2.24, 2.45) is 5.92 Å². The minimum atomic E-state index is 0.954. The standard InChI is InChI=1S/C9H17S/c1-3-5-9-8(4-2)6-7-10-9/h7-9H,3-6H2,1-2H3. The second-order valence-electron chi connectivity index (χ2n) is 3.03. The first kappa shape index (κ1) is 8.45. The third kappa shape index (κ3) is 1.91. The Morgan fingerprint density at radius 2 is 2.30 bits per heavy atom. The molecule has 0 bridgehead atoms. The Labute approximate surface area is 68.8 Å². The van der Waals surface area contributed by atoms with E-state index in [1.54, 1.807) is 0 Å². The molecular weight excluding hydrogens is 140 g/mol. The highest BCUT2D eigenvalue weighted by Gasteiger charge is 2.25. The lowest BCUT2D eigenvalue weighted by Gasteiger charge is -2.15. The Morgan fingerprint density at radius 1 is 1.50 bits per heavy atom. The van der Waals surface area contributed by atoms with Gasteiger partial charge in [-0.1, -0.05) is 26.7 Å². The molecular formula is C9H17S. The first-order valence-electron chi connectivity index (χ1n) is 4.35. The van der Waals surface area contributed by atoms with E-state index in [1.807, 2.05) is 0 Å². The van der Waals surface area contributed by atoms with Gasteiger partial charge in [-0.25, -0.2) is 0 Å². The highest BCUT2D eigenvalue weighted by molar-refractivity contribution is 8.02. The summed E-state index contributed by atoms with van der Waals surface area (Å²) in [4.78, 5) is 0. The molecule has 0 spiro atoms. The van der Waals surface area contributed by atoms with Gasteiger partial charge in [-0.3, -0.25) is 0 Å². The molecule has 1 radical (unpaired) electrons. The van der Waals surface area contributed by atoms with Crippen LogP contribution in [-0.4, -0.2) is 5.25 Å². The topological polar surface area (TPSA) is 0 Å². The SMILES string of the molecule is CCCC1S[CH]CC1CC. The van der Waals surface area contributed by atoms with Gasteiger partial charge >= 0.3 is 0 Å². The second kappa shape index (κ2) is 4.27. The maximum Gasteiger partial charge on any atom is 0.0172 e. The molecule has 1 aliphatic rings. The van der Waals surface area contributed by atoms with Gasteiger partial charge in [0.05, 0.1) is 0 Å². The first-order chi connectivity index (χ1) is 4.88. The minimum absolute atomic E-state index is 0.954. The van der Waals surface area contributed by atoms with Crippen LogP contribution in [0.4, 0.5) is 0 Å². The molecule has 0 aromatic rings. The van der Waals surface area contributed by atoms with E-state index in [0.29, 0.717) is 0 Å². The molecule has 1 fully saturated rings. The highest BCUT2D eigenvalue weighted by atomic mass is 32.2. The molecule has 0 aliphatic carbocycles. The molecule has 0 N–H and O–H groups in total. The lowest BCUT2D eigenvalue weighted by Crippen LogP contribution is -2.09. The van der Waals surface area contributed by atoms with Gasteiger partial charge in [0.2, 0.25) is 0 Å². The van der Waals surface area contributed by atoms with E-state index in [4.69, 9.17) is 0 Å². The van der Waals surface area contributed by atoms with Gasteiger partial charge in [-0.15, -0.1) is 0 Å². The summed E-state index contributed by atoms with van der Waals surface area (Å²) in [5.41, 5.74) is 0. The third-order valence-electron chi connectivity index (χ3n) is 2.29. The first-order valence-corrected chi connectivity index (χ1v) is 5.29. The van der Waals surface area contributed by atoms with Gasteiger partial charge in [0.25, 0.3) is 0 Å². The summed E-state index contributed by atoms with van der Waals surface area (Å²) >= 11 is 2.07. The van der Waals surface area contributed by atoms with Crippen molar-refractivity contribution in [2.45, 2.75) is 44.8 Å². The summed E-state index contributed by atoms with van der Waals surface area (Å²) < 4.78 is 0. The van der Waals surface area contributed by atoms with Crippen LogP contribution in [0.2, 0.25) is 0 Å². The van der Waals surface area contributed by atoms with Crippen molar-refractivity contribution in [3.8, 4) is 0 Å². The summed E-state index contributed by atoms with van der Waals surface area (Å²) in [6.45, 7) is 4.60. The fourth-order valence-electron chi connectivity index (χ4n) is 1.58. The van der Waals surface area contributed by atoms with E-state index in [1.165, 1.54) is 25.7 Å². The Kier molecular flexibility index (Phi) is 3.61. The fourth-order valence-corrected chi connectivity index (χ4v) is 3.09. The monoisotopic (exact) mass is 157 g/mol. The molecule has 1 heteroatoms. The van der Waals surface area contributed by atoms with Crippen LogP contribution in [0.5, 0.6) is 0 Å².